The van der Waals surface area contributed by atoms with Gasteiger partial charge in [-0.15, -0.1) is 0 Å². The Labute approximate surface area is 247 Å². The molecule has 0 aliphatic carbocycles. The molecule has 0 bridgehead atoms. The van der Waals surface area contributed by atoms with Crippen molar-refractivity contribution < 1.29 is 9.59 Å². The zero-order valence-electron chi connectivity index (χ0n) is 26.6. The highest BCUT2D eigenvalue weighted by Gasteiger charge is 2.10. The van der Waals surface area contributed by atoms with Crippen LogP contribution in [0.2, 0.25) is 0 Å². The third-order valence-corrected chi connectivity index (χ3v) is 8.84. The van der Waals surface area contributed by atoms with Crippen molar-refractivity contribution in [1.29, 1.82) is 0 Å². The summed E-state index contributed by atoms with van der Waals surface area (Å²) in [6.07, 6.45) is 42.4. The van der Waals surface area contributed by atoms with E-state index >= 15 is 0 Å². The number of hydrogen-bond donors (Lipinski definition) is 0. The fraction of sp³-hybridized carbons (Fsp3) is 0.889. The minimum Gasteiger partial charge on any atom is -0.294 e. The van der Waals surface area contributed by atoms with E-state index < -0.39 is 0 Å². The lowest BCUT2D eigenvalue weighted by molar-refractivity contribution is -0.113. The van der Waals surface area contributed by atoms with E-state index in [-0.39, 0.29) is 11.0 Å². The predicted octanol–water partition coefficient (Wildman–Crippen LogP) is 13.3. The zero-order valence-corrected chi connectivity index (χ0v) is 27.5. The highest BCUT2D eigenvalue weighted by atomic mass is 31.1. The lowest BCUT2D eigenvalue weighted by Crippen LogP contribution is -1.97. The molecule has 0 aromatic rings. The maximum atomic E-state index is 12.1. The number of hydrogen-bond acceptors (Lipinski definition) is 2. The molecule has 1 radical (unpaired) electrons. The Kier molecular flexibility index (Phi) is 33.3. The van der Waals surface area contributed by atoms with Gasteiger partial charge in [0.15, 0.2) is 11.0 Å². The fourth-order valence-corrected chi connectivity index (χ4v) is 6.06. The molecule has 0 saturated heterocycles. The summed E-state index contributed by atoms with van der Waals surface area (Å²) in [6, 6.07) is 0. The molecule has 0 atom stereocenters. The molecule has 0 amide bonds. The van der Waals surface area contributed by atoms with Gasteiger partial charge in [0.05, 0.1) is 8.58 Å². The Balaban J connectivity index is 3.32. The largest absolute Gasteiger partial charge is 0.294 e. The van der Waals surface area contributed by atoms with E-state index in [4.69, 9.17) is 0 Å². The summed E-state index contributed by atoms with van der Waals surface area (Å²) in [7, 11) is 0.450. The van der Waals surface area contributed by atoms with Crippen molar-refractivity contribution in [2.24, 2.45) is 0 Å². The smallest absolute Gasteiger partial charge is 0.167 e. The Morgan fingerprint density at radius 2 is 0.641 bits per heavy atom. The van der Waals surface area contributed by atoms with Gasteiger partial charge in [-0.1, -0.05) is 167 Å². The third kappa shape index (κ3) is 33.6. The van der Waals surface area contributed by atoms with Crippen LogP contribution < -0.4 is 0 Å². The van der Waals surface area contributed by atoms with Gasteiger partial charge < -0.3 is 0 Å². The Morgan fingerprint density at radius 1 is 0.385 bits per heavy atom. The average Bonchev–Trinajstić information content (AvgIpc) is 2.93. The zero-order chi connectivity index (χ0) is 28.5. The van der Waals surface area contributed by atoms with Gasteiger partial charge in [-0.25, -0.2) is 0 Å². The third-order valence-electron chi connectivity index (χ3n) is 7.90. The highest BCUT2D eigenvalue weighted by molar-refractivity contribution is 7.73. The first-order valence-corrected chi connectivity index (χ1v) is 18.5. The monoisotopic (exact) mass is 563 g/mol. The van der Waals surface area contributed by atoms with Gasteiger partial charge in [0, 0.05) is 12.8 Å². The van der Waals surface area contributed by atoms with E-state index in [1.807, 2.05) is 0 Å². The van der Waals surface area contributed by atoms with Crippen LogP contribution in [0, 0.1) is 0 Å². The summed E-state index contributed by atoms with van der Waals surface area (Å²) < 4.78 is 0. The molecule has 0 aliphatic heterocycles. The second-order valence-electron chi connectivity index (χ2n) is 11.9. The minimum absolute atomic E-state index is 0.138. The van der Waals surface area contributed by atoms with Crippen molar-refractivity contribution in [2.75, 3.05) is 0 Å². The predicted molar refractivity (Wildman–Crippen MR) is 176 cm³/mol. The molecule has 0 unspecified atom stereocenters. The van der Waals surface area contributed by atoms with Gasteiger partial charge in [-0.2, -0.15) is 0 Å². The van der Waals surface area contributed by atoms with Crippen molar-refractivity contribution >= 4 is 19.6 Å². The number of allylic oxidation sites excluding steroid dienone is 2. The van der Waals surface area contributed by atoms with Crippen molar-refractivity contribution in [1.82, 2.24) is 0 Å². The second-order valence-corrected chi connectivity index (χ2v) is 13.2. The lowest BCUT2D eigenvalue weighted by Gasteiger charge is -2.04. The summed E-state index contributed by atoms with van der Waals surface area (Å²) in [4.78, 5) is 24.2. The van der Waals surface area contributed by atoms with Crippen molar-refractivity contribution in [3.8, 4) is 0 Å². The quantitative estimate of drug-likeness (QED) is 0.0452. The van der Waals surface area contributed by atoms with Crippen LogP contribution in [-0.4, -0.2) is 11.0 Å². The first-order chi connectivity index (χ1) is 19.2. The van der Waals surface area contributed by atoms with Gasteiger partial charge in [-0.3, -0.25) is 9.59 Å². The molecule has 0 aromatic heterocycles. The summed E-state index contributed by atoms with van der Waals surface area (Å²) >= 11 is 0. The van der Waals surface area contributed by atoms with Crippen LogP contribution in [0.25, 0.3) is 0 Å². The SMILES string of the molecule is CCCCCCCC/C=C\CCCCCCCC(=O)[P]C(=O)CCCCCCCCCCCCCCCCC. The molecule has 0 N–H and O–H groups in total. The first-order valence-electron chi connectivity index (χ1n) is 17.6. The van der Waals surface area contributed by atoms with Crippen LogP contribution in [0.5, 0.6) is 0 Å². The Hall–Kier alpha value is -0.490. The number of carbonyl (C=O) groups excluding carboxylic acids is 2. The molecule has 0 saturated carbocycles. The van der Waals surface area contributed by atoms with Gasteiger partial charge in [0.1, 0.15) is 0 Å². The van der Waals surface area contributed by atoms with Crippen molar-refractivity contribution in [2.45, 2.75) is 206 Å². The van der Waals surface area contributed by atoms with Crippen LogP contribution in [0.4, 0.5) is 0 Å². The molecule has 0 spiro atoms. The maximum absolute atomic E-state index is 12.1. The normalized spacial score (nSPS) is 11.8. The molecule has 2 nitrogen and oxygen atoms in total. The first kappa shape index (κ1) is 38.5. The highest BCUT2D eigenvalue weighted by Crippen LogP contribution is 2.22. The Bertz CT molecular complexity index is 542. The van der Waals surface area contributed by atoms with Gasteiger partial charge in [0.2, 0.25) is 0 Å². The van der Waals surface area contributed by atoms with E-state index in [1.165, 1.54) is 154 Å². The van der Waals surface area contributed by atoms with Crippen LogP contribution in [-0.2, 0) is 9.59 Å². The topological polar surface area (TPSA) is 34.1 Å². The van der Waals surface area contributed by atoms with Crippen molar-refractivity contribution in [3.63, 3.8) is 0 Å². The van der Waals surface area contributed by atoms with E-state index in [2.05, 4.69) is 26.0 Å². The van der Waals surface area contributed by atoms with Crippen molar-refractivity contribution in [3.05, 3.63) is 12.2 Å². The number of rotatable bonds is 33. The van der Waals surface area contributed by atoms with Gasteiger partial charge in [-0.05, 0) is 38.5 Å². The number of unbranched alkanes of at least 4 members (excludes halogenated alkanes) is 25. The lowest BCUT2D eigenvalue weighted by atomic mass is 10.0. The molecule has 0 rings (SSSR count). The van der Waals surface area contributed by atoms with E-state index in [0.717, 1.165) is 25.7 Å². The molecule has 0 aliphatic rings. The standard InChI is InChI=1S/C36H68O2P/c1-3-5-7-9-11-13-15-17-19-21-23-25-27-29-31-33-35(37)39-36(38)34-32-30-28-26-24-22-20-18-16-14-12-10-8-6-4-2/h17,19H,3-16,18,20-34H2,1-2H3/b19-17-. The second kappa shape index (κ2) is 33.7. The summed E-state index contributed by atoms with van der Waals surface area (Å²) in [5.41, 5.74) is 0.279. The van der Waals surface area contributed by atoms with Gasteiger partial charge >= 0.3 is 0 Å². The maximum Gasteiger partial charge on any atom is 0.167 e. The van der Waals surface area contributed by atoms with E-state index in [9.17, 15) is 9.59 Å². The van der Waals surface area contributed by atoms with Crippen LogP contribution >= 0.6 is 8.58 Å². The summed E-state index contributed by atoms with van der Waals surface area (Å²) in [5.74, 6) is 0. The molecule has 0 heterocycles. The minimum atomic E-state index is 0.138. The molecule has 229 valence electrons. The fourth-order valence-electron chi connectivity index (χ4n) is 5.25. The molecular formula is C36H68O2P. The molecule has 0 aromatic carbocycles. The molecule has 39 heavy (non-hydrogen) atoms. The molecular weight excluding hydrogens is 495 g/mol. The van der Waals surface area contributed by atoms with Crippen LogP contribution in [0.3, 0.4) is 0 Å². The van der Waals surface area contributed by atoms with E-state index in [0.29, 0.717) is 21.4 Å². The summed E-state index contributed by atoms with van der Waals surface area (Å²) in [5, 5.41) is 0. The van der Waals surface area contributed by atoms with Crippen LogP contribution in [0.15, 0.2) is 12.2 Å². The van der Waals surface area contributed by atoms with E-state index in [1.54, 1.807) is 0 Å². The Morgan fingerprint density at radius 3 is 0.949 bits per heavy atom. The molecule has 0 fully saturated rings. The summed E-state index contributed by atoms with van der Waals surface area (Å²) in [6.45, 7) is 4.55. The van der Waals surface area contributed by atoms with Crippen LogP contribution in [0.1, 0.15) is 206 Å². The average molecular weight is 564 g/mol. The number of carbonyl (C=O) groups is 2. The molecule has 3 heteroatoms. The van der Waals surface area contributed by atoms with Gasteiger partial charge in [0.25, 0.3) is 0 Å².